The maximum absolute atomic E-state index is 13.0. The number of halogens is 2. The van der Waals surface area contributed by atoms with Crippen molar-refractivity contribution in [1.29, 1.82) is 0 Å². The highest BCUT2D eigenvalue weighted by Gasteiger charge is 2.71. The molecule has 1 aromatic rings. The Balaban J connectivity index is 2.23. The molecular formula is C11H13F2N. The van der Waals surface area contributed by atoms with E-state index < -0.39 is 11.5 Å². The summed E-state index contributed by atoms with van der Waals surface area (Å²) in [5.74, 6) is -2.99. The van der Waals surface area contributed by atoms with Crippen molar-refractivity contribution in [3.63, 3.8) is 0 Å². The largest absolute Gasteiger partial charge is 0.319 e. The van der Waals surface area contributed by atoms with Gasteiger partial charge in [0.25, 0.3) is 5.92 Å². The first-order chi connectivity index (χ1) is 6.47. The van der Waals surface area contributed by atoms with E-state index in [0.717, 1.165) is 5.56 Å². The molecule has 14 heavy (non-hydrogen) atoms. The first-order valence-electron chi connectivity index (χ1n) is 4.69. The molecule has 0 radical (unpaired) electrons. The molecule has 2 N–H and O–H groups in total. The molecule has 0 bridgehead atoms. The minimum atomic E-state index is -2.69. The highest BCUT2D eigenvalue weighted by atomic mass is 19.3. The van der Waals surface area contributed by atoms with Gasteiger partial charge < -0.3 is 5.73 Å². The van der Waals surface area contributed by atoms with E-state index in [0.29, 0.717) is 0 Å². The number of benzene rings is 1. The van der Waals surface area contributed by atoms with Gasteiger partial charge in [0.15, 0.2) is 0 Å². The standard InChI is InChI=1S/C11H13F2N/c1-8(9-5-3-2-4-6-9)10(14)7-11(10,12)13/h2-6,8H,7,14H2,1H3. The van der Waals surface area contributed by atoms with Crippen LogP contribution in [0.1, 0.15) is 24.8 Å². The molecule has 76 valence electrons. The van der Waals surface area contributed by atoms with E-state index in [4.69, 9.17) is 5.73 Å². The van der Waals surface area contributed by atoms with Crippen LogP contribution in [0.15, 0.2) is 30.3 Å². The van der Waals surface area contributed by atoms with Crippen LogP contribution in [-0.2, 0) is 0 Å². The Labute approximate surface area is 81.9 Å². The molecule has 0 amide bonds. The summed E-state index contributed by atoms with van der Waals surface area (Å²) in [4.78, 5) is 0. The molecule has 1 nitrogen and oxygen atoms in total. The molecule has 0 aromatic heterocycles. The third kappa shape index (κ3) is 1.23. The summed E-state index contributed by atoms with van der Waals surface area (Å²) in [5.41, 5.74) is 5.21. The third-order valence-corrected chi connectivity index (χ3v) is 3.14. The monoisotopic (exact) mass is 197 g/mol. The minimum Gasteiger partial charge on any atom is -0.319 e. The minimum absolute atomic E-state index is 0.198. The summed E-state index contributed by atoms with van der Waals surface area (Å²) in [6.45, 7) is 1.76. The lowest BCUT2D eigenvalue weighted by Gasteiger charge is -2.19. The van der Waals surface area contributed by atoms with Crippen LogP contribution in [0.3, 0.4) is 0 Å². The van der Waals surface area contributed by atoms with Crippen LogP contribution in [0, 0.1) is 0 Å². The summed E-state index contributed by atoms with van der Waals surface area (Å²) in [6.07, 6.45) is -0.198. The van der Waals surface area contributed by atoms with Crippen molar-refractivity contribution >= 4 is 0 Å². The van der Waals surface area contributed by atoms with Crippen LogP contribution in [0.5, 0.6) is 0 Å². The molecule has 1 aliphatic carbocycles. The van der Waals surface area contributed by atoms with E-state index in [-0.39, 0.29) is 12.3 Å². The highest BCUT2D eigenvalue weighted by molar-refractivity contribution is 5.31. The second-order valence-corrected chi connectivity index (χ2v) is 4.05. The zero-order chi connectivity index (χ0) is 10.4. The van der Waals surface area contributed by atoms with E-state index >= 15 is 0 Å². The van der Waals surface area contributed by atoms with Gasteiger partial charge in [-0.25, -0.2) is 8.78 Å². The van der Waals surface area contributed by atoms with Crippen LogP contribution >= 0.6 is 0 Å². The average molecular weight is 197 g/mol. The van der Waals surface area contributed by atoms with E-state index in [2.05, 4.69) is 0 Å². The number of hydrogen-bond donors (Lipinski definition) is 1. The number of hydrogen-bond acceptors (Lipinski definition) is 1. The van der Waals surface area contributed by atoms with E-state index in [9.17, 15) is 8.78 Å². The summed E-state index contributed by atoms with van der Waals surface area (Å²) in [5, 5.41) is 0. The molecule has 2 rings (SSSR count). The van der Waals surface area contributed by atoms with Crippen molar-refractivity contribution < 1.29 is 8.78 Å². The van der Waals surface area contributed by atoms with Gasteiger partial charge in [0.1, 0.15) is 0 Å². The Morgan fingerprint density at radius 2 is 1.79 bits per heavy atom. The maximum atomic E-state index is 13.0. The molecule has 1 saturated carbocycles. The molecule has 1 aromatic carbocycles. The summed E-state index contributed by atoms with van der Waals surface area (Å²) >= 11 is 0. The fraction of sp³-hybridized carbons (Fsp3) is 0.455. The zero-order valence-electron chi connectivity index (χ0n) is 8.00. The lowest BCUT2D eigenvalue weighted by atomic mass is 9.91. The van der Waals surface area contributed by atoms with Crippen LogP contribution in [0.25, 0.3) is 0 Å². The number of rotatable bonds is 2. The molecule has 0 heterocycles. The Bertz CT molecular complexity index is 336. The summed E-state index contributed by atoms with van der Waals surface area (Å²) < 4.78 is 26.0. The smallest absolute Gasteiger partial charge is 0.268 e. The van der Waals surface area contributed by atoms with Gasteiger partial charge in [-0.3, -0.25) is 0 Å². The lowest BCUT2D eigenvalue weighted by Crippen LogP contribution is -2.35. The Morgan fingerprint density at radius 1 is 1.29 bits per heavy atom. The molecule has 2 unspecified atom stereocenters. The number of alkyl halides is 2. The first-order valence-corrected chi connectivity index (χ1v) is 4.69. The molecule has 3 heteroatoms. The van der Waals surface area contributed by atoms with Gasteiger partial charge in [-0.1, -0.05) is 37.3 Å². The maximum Gasteiger partial charge on any atom is 0.268 e. The quantitative estimate of drug-likeness (QED) is 0.774. The SMILES string of the molecule is CC(c1ccccc1)C1(N)CC1(F)F. The molecule has 2 atom stereocenters. The van der Waals surface area contributed by atoms with Gasteiger partial charge in [-0.05, 0) is 5.56 Å². The highest BCUT2D eigenvalue weighted by Crippen LogP contribution is 2.57. The van der Waals surface area contributed by atoms with Gasteiger partial charge in [0.05, 0.1) is 5.54 Å². The molecule has 0 saturated heterocycles. The van der Waals surface area contributed by atoms with Gasteiger partial charge in [0, 0.05) is 12.3 Å². The normalized spacial score (nSPS) is 31.1. The van der Waals surface area contributed by atoms with Crippen molar-refractivity contribution in [1.82, 2.24) is 0 Å². The van der Waals surface area contributed by atoms with E-state index in [1.807, 2.05) is 30.3 Å². The topological polar surface area (TPSA) is 26.0 Å². The Morgan fingerprint density at radius 3 is 2.21 bits per heavy atom. The summed E-state index contributed by atoms with van der Waals surface area (Å²) in [6, 6.07) is 9.23. The molecule has 0 aliphatic heterocycles. The predicted molar refractivity (Wildman–Crippen MR) is 51.3 cm³/mol. The van der Waals surface area contributed by atoms with Crippen molar-refractivity contribution in [3.05, 3.63) is 35.9 Å². The zero-order valence-corrected chi connectivity index (χ0v) is 8.00. The van der Waals surface area contributed by atoms with Crippen LogP contribution < -0.4 is 5.73 Å². The van der Waals surface area contributed by atoms with E-state index in [1.165, 1.54) is 0 Å². The first kappa shape index (κ1) is 9.59. The van der Waals surface area contributed by atoms with Crippen LogP contribution in [-0.4, -0.2) is 11.5 Å². The Hall–Kier alpha value is -0.960. The van der Waals surface area contributed by atoms with Crippen molar-refractivity contribution in [3.8, 4) is 0 Å². The van der Waals surface area contributed by atoms with Gasteiger partial charge >= 0.3 is 0 Å². The second kappa shape index (κ2) is 2.76. The average Bonchev–Trinajstić information content (AvgIpc) is 2.68. The predicted octanol–water partition coefficient (Wildman–Crippen LogP) is 2.53. The van der Waals surface area contributed by atoms with Gasteiger partial charge in [-0.15, -0.1) is 0 Å². The molecule has 1 aliphatic rings. The van der Waals surface area contributed by atoms with Crippen molar-refractivity contribution in [2.45, 2.75) is 30.7 Å². The van der Waals surface area contributed by atoms with E-state index in [1.54, 1.807) is 6.92 Å². The molecular weight excluding hydrogens is 184 g/mol. The van der Waals surface area contributed by atoms with Gasteiger partial charge in [-0.2, -0.15) is 0 Å². The van der Waals surface area contributed by atoms with Gasteiger partial charge in [0.2, 0.25) is 0 Å². The second-order valence-electron chi connectivity index (χ2n) is 4.05. The summed E-state index contributed by atoms with van der Waals surface area (Å²) in [7, 11) is 0. The third-order valence-electron chi connectivity index (χ3n) is 3.14. The fourth-order valence-corrected chi connectivity index (χ4v) is 1.83. The fourth-order valence-electron chi connectivity index (χ4n) is 1.83. The van der Waals surface area contributed by atoms with Crippen molar-refractivity contribution in [2.24, 2.45) is 5.73 Å². The number of nitrogens with two attached hydrogens (primary N) is 1. The van der Waals surface area contributed by atoms with Crippen molar-refractivity contribution in [2.75, 3.05) is 0 Å². The van der Waals surface area contributed by atoms with Crippen LogP contribution in [0.4, 0.5) is 8.78 Å². The molecule has 1 fully saturated rings. The van der Waals surface area contributed by atoms with Crippen LogP contribution in [0.2, 0.25) is 0 Å². The lowest BCUT2D eigenvalue weighted by molar-refractivity contribution is 0.0836. The molecule has 0 spiro atoms. The Kier molecular flexibility index (Phi) is 1.89.